The van der Waals surface area contributed by atoms with Gasteiger partial charge in [-0.3, -0.25) is 4.79 Å². The largest absolute Gasteiger partial charge is 0.493 e. The predicted molar refractivity (Wildman–Crippen MR) is 117 cm³/mol. The number of benzene rings is 2. The summed E-state index contributed by atoms with van der Waals surface area (Å²) in [5.41, 5.74) is 3.06. The smallest absolute Gasteiger partial charge is 0.225 e. The Balaban J connectivity index is 1.50. The number of ketones is 1. The monoisotopic (exact) mass is 419 g/mol. The van der Waals surface area contributed by atoms with Gasteiger partial charge in [0.15, 0.2) is 11.5 Å². The van der Waals surface area contributed by atoms with E-state index in [2.05, 4.69) is 15.5 Å². The molecule has 158 valence electrons. The highest BCUT2D eigenvalue weighted by Crippen LogP contribution is 2.41. The van der Waals surface area contributed by atoms with Gasteiger partial charge >= 0.3 is 0 Å². The van der Waals surface area contributed by atoms with Crippen LogP contribution in [0.15, 0.2) is 65.5 Å². The van der Waals surface area contributed by atoms with Crippen LogP contribution in [-0.2, 0) is 0 Å². The zero-order valence-corrected chi connectivity index (χ0v) is 17.3. The first-order valence-electron chi connectivity index (χ1n) is 9.44. The van der Waals surface area contributed by atoms with Crippen molar-refractivity contribution in [3.8, 4) is 28.5 Å². The number of carbonyl (C=O) groups excluding carboxylic acids is 1. The number of aromatic nitrogens is 2. The average molecular weight is 419 g/mol. The molecule has 2 N–H and O–H groups in total. The van der Waals surface area contributed by atoms with Crippen molar-refractivity contribution in [2.45, 2.75) is 0 Å². The molecule has 0 fully saturated rings. The lowest BCUT2D eigenvalue weighted by Crippen LogP contribution is -1.96. The number of fused-ring (bicyclic) bond motifs is 1. The third kappa shape index (κ3) is 4.09. The summed E-state index contributed by atoms with van der Waals surface area (Å²) in [5.74, 6) is 1.23. The summed E-state index contributed by atoms with van der Waals surface area (Å²) in [5, 5.41) is 8.17. The number of nitrogens with zero attached hydrogens (tertiary/aromatic N) is 1. The third-order valence-corrected chi connectivity index (χ3v) is 4.75. The van der Waals surface area contributed by atoms with Gasteiger partial charge in [0.2, 0.25) is 17.3 Å². The molecule has 0 bridgehead atoms. The summed E-state index contributed by atoms with van der Waals surface area (Å²) in [4.78, 5) is 15.6. The molecule has 4 aromatic rings. The van der Waals surface area contributed by atoms with Crippen LogP contribution in [0, 0.1) is 0 Å². The Bertz CT molecular complexity index is 1230. The molecule has 0 atom stereocenters. The summed E-state index contributed by atoms with van der Waals surface area (Å²) in [6.45, 7) is 0. The third-order valence-electron chi connectivity index (χ3n) is 4.75. The first-order valence-corrected chi connectivity index (χ1v) is 9.44. The lowest BCUT2D eigenvalue weighted by Gasteiger charge is -2.13. The summed E-state index contributed by atoms with van der Waals surface area (Å²) >= 11 is 0. The fraction of sp³-hybridized carbons (Fsp3) is 0.130. The van der Waals surface area contributed by atoms with Crippen molar-refractivity contribution in [2.24, 2.45) is 0 Å². The topological polar surface area (TPSA) is 98.6 Å². The molecule has 0 amide bonds. The summed E-state index contributed by atoms with van der Waals surface area (Å²) in [6.07, 6.45) is 4.84. The summed E-state index contributed by atoms with van der Waals surface area (Å²) in [7, 11) is 4.60. The highest BCUT2D eigenvalue weighted by atomic mass is 16.5. The number of H-pyrrole nitrogens is 1. The lowest BCUT2D eigenvalue weighted by molar-refractivity contribution is 0.101. The number of allylic oxidation sites excluding steroid dienone is 1. The van der Waals surface area contributed by atoms with Crippen LogP contribution in [-0.4, -0.2) is 37.3 Å². The van der Waals surface area contributed by atoms with Gasteiger partial charge in [0.25, 0.3) is 0 Å². The van der Waals surface area contributed by atoms with E-state index in [1.165, 1.54) is 27.4 Å². The Kier molecular flexibility index (Phi) is 5.61. The number of anilines is 1. The minimum Gasteiger partial charge on any atom is -0.493 e. The maximum Gasteiger partial charge on any atom is 0.225 e. The highest BCUT2D eigenvalue weighted by Gasteiger charge is 2.17. The summed E-state index contributed by atoms with van der Waals surface area (Å²) in [6, 6.07) is 12.9. The Morgan fingerprint density at radius 1 is 1.03 bits per heavy atom. The average Bonchev–Trinajstić information content (AvgIpc) is 3.47. The van der Waals surface area contributed by atoms with Gasteiger partial charge in [0.05, 0.1) is 21.3 Å². The van der Waals surface area contributed by atoms with Gasteiger partial charge in [-0.25, -0.2) is 0 Å². The van der Waals surface area contributed by atoms with Crippen LogP contribution in [0.4, 0.5) is 5.69 Å². The number of rotatable bonds is 8. The van der Waals surface area contributed by atoms with Crippen molar-refractivity contribution in [1.82, 2.24) is 10.1 Å². The minimum atomic E-state index is -0.318. The first-order chi connectivity index (χ1) is 15.1. The fourth-order valence-corrected chi connectivity index (χ4v) is 3.20. The zero-order chi connectivity index (χ0) is 21.8. The molecule has 0 unspecified atom stereocenters. The van der Waals surface area contributed by atoms with Crippen LogP contribution in [0.5, 0.6) is 17.2 Å². The van der Waals surface area contributed by atoms with Crippen molar-refractivity contribution in [3.63, 3.8) is 0 Å². The van der Waals surface area contributed by atoms with E-state index in [4.69, 9.17) is 18.7 Å². The molecule has 31 heavy (non-hydrogen) atoms. The van der Waals surface area contributed by atoms with Gasteiger partial charge in [0.1, 0.15) is 5.69 Å². The molecular formula is C23H21N3O5. The maximum atomic E-state index is 12.5. The van der Waals surface area contributed by atoms with Crippen LogP contribution in [0.3, 0.4) is 0 Å². The van der Waals surface area contributed by atoms with Crippen LogP contribution in [0.25, 0.3) is 22.2 Å². The minimum absolute atomic E-state index is 0.114. The molecule has 0 saturated carbocycles. The lowest BCUT2D eigenvalue weighted by atomic mass is 10.1. The molecule has 4 rings (SSSR count). The molecule has 0 radical (unpaired) electrons. The Morgan fingerprint density at radius 2 is 1.81 bits per heavy atom. The summed E-state index contributed by atoms with van der Waals surface area (Å²) < 4.78 is 21.3. The van der Waals surface area contributed by atoms with Gasteiger partial charge in [0, 0.05) is 46.7 Å². The van der Waals surface area contributed by atoms with Crippen LogP contribution < -0.4 is 19.5 Å². The van der Waals surface area contributed by atoms with Gasteiger partial charge in [-0.1, -0.05) is 5.16 Å². The van der Waals surface area contributed by atoms with Gasteiger partial charge in [-0.2, -0.15) is 0 Å². The molecule has 0 saturated heterocycles. The van der Waals surface area contributed by atoms with Gasteiger partial charge in [-0.05, 0) is 36.4 Å². The van der Waals surface area contributed by atoms with E-state index < -0.39 is 0 Å². The number of aromatic amines is 1. The number of ether oxygens (including phenoxy) is 3. The molecule has 2 heterocycles. The number of hydrogen-bond donors (Lipinski definition) is 2. The van der Waals surface area contributed by atoms with E-state index in [1.807, 2.05) is 30.5 Å². The van der Waals surface area contributed by atoms with Gasteiger partial charge < -0.3 is 29.0 Å². The maximum absolute atomic E-state index is 12.5. The van der Waals surface area contributed by atoms with Crippen LogP contribution in [0.1, 0.15) is 10.6 Å². The van der Waals surface area contributed by atoms with E-state index in [0.29, 0.717) is 28.5 Å². The highest BCUT2D eigenvalue weighted by molar-refractivity contribution is 6.03. The molecule has 0 aliphatic heterocycles. The molecule has 8 nitrogen and oxygen atoms in total. The first kappa shape index (κ1) is 20.1. The second-order valence-electron chi connectivity index (χ2n) is 6.61. The number of methoxy groups -OCH3 is 3. The predicted octanol–water partition coefficient (Wildman–Crippen LogP) is 4.66. The van der Waals surface area contributed by atoms with E-state index in [-0.39, 0.29) is 11.5 Å². The van der Waals surface area contributed by atoms with Crippen molar-refractivity contribution >= 4 is 22.4 Å². The van der Waals surface area contributed by atoms with E-state index in [1.54, 1.807) is 24.4 Å². The van der Waals surface area contributed by atoms with Gasteiger partial charge in [-0.15, -0.1) is 0 Å². The van der Waals surface area contributed by atoms with Crippen molar-refractivity contribution in [2.75, 3.05) is 26.6 Å². The molecule has 2 aromatic heterocycles. The van der Waals surface area contributed by atoms with E-state index in [0.717, 1.165) is 16.6 Å². The molecule has 0 aliphatic rings. The Morgan fingerprint density at radius 3 is 2.52 bits per heavy atom. The molecular weight excluding hydrogens is 398 g/mol. The number of carbonyl (C=O) groups is 1. The van der Waals surface area contributed by atoms with E-state index in [9.17, 15) is 4.79 Å². The molecule has 8 heteroatoms. The molecule has 0 aliphatic carbocycles. The van der Waals surface area contributed by atoms with Crippen LogP contribution in [0.2, 0.25) is 0 Å². The SMILES string of the molecule is COc1cc(-c2cc(C(=O)/C=C\Nc3ccc4[nH]ccc4c3)on2)cc(OC)c1OC. The molecule has 2 aromatic carbocycles. The van der Waals surface area contributed by atoms with Crippen molar-refractivity contribution < 1.29 is 23.5 Å². The van der Waals surface area contributed by atoms with Crippen molar-refractivity contribution in [1.29, 1.82) is 0 Å². The standard InChI is InChI=1S/C23H21N3O5/c1-28-21-11-15(12-22(29-2)23(21)30-3)18-13-20(31-26-18)19(27)7-9-24-16-4-5-17-14(10-16)6-8-25-17/h4-13,24-25H,1-3H3/b9-7-. The zero-order valence-electron chi connectivity index (χ0n) is 17.3. The fourth-order valence-electron chi connectivity index (χ4n) is 3.20. The molecule has 0 spiro atoms. The normalized spacial score (nSPS) is 11.1. The van der Waals surface area contributed by atoms with Crippen molar-refractivity contribution in [3.05, 3.63) is 66.7 Å². The number of hydrogen-bond acceptors (Lipinski definition) is 7. The quantitative estimate of drug-likeness (QED) is 0.317. The number of nitrogens with one attached hydrogen (secondary N) is 2. The second kappa shape index (κ2) is 8.66. The Labute approximate surface area is 178 Å². The Hall–Kier alpha value is -4.20. The van der Waals surface area contributed by atoms with Crippen LogP contribution >= 0.6 is 0 Å². The van der Waals surface area contributed by atoms with E-state index >= 15 is 0 Å². The second-order valence-corrected chi connectivity index (χ2v) is 6.61.